The number of carbonyl (C=O) groups excluding carboxylic acids is 1. The van der Waals surface area contributed by atoms with E-state index in [4.69, 9.17) is 27.9 Å². The lowest BCUT2D eigenvalue weighted by molar-refractivity contribution is 0.0993. The summed E-state index contributed by atoms with van der Waals surface area (Å²) >= 11 is 12.5. The average molecular weight is 477 g/mol. The van der Waals surface area contributed by atoms with Crippen molar-refractivity contribution in [3.63, 3.8) is 0 Å². The molecule has 0 atom stereocenters. The number of hydrogen-bond donors (Lipinski definition) is 0. The number of benzene rings is 3. The van der Waals surface area contributed by atoms with Crippen LogP contribution in [0, 0.1) is 0 Å². The molecule has 1 aromatic heterocycles. The molecule has 4 nitrogen and oxygen atoms in total. The Kier molecular flexibility index (Phi) is 5.93. The van der Waals surface area contributed by atoms with Crippen LogP contribution in [0.5, 0.6) is 5.75 Å². The summed E-state index contributed by atoms with van der Waals surface area (Å²) in [4.78, 5) is 14.9. The highest BCUT2D eigenvalue weighted by Crippen LogP contribution is 2.37. The van der Waals surface area contributed by atoms with Crippen molar-refractivity contribution in [1.82, 2.24) is 4.57 Å². The number of rotatable bonds is 3. The largest absolute Gasteiger partial charge is 0.494 e. The van der Waals surface area contributed by atoms with Gasteiger partial charge in [0.25, 0.3) is 5.91 Å². The van der Waals surface area contributed by atoms with E-state index in [2.05, 4.69) is 22.8 Å². The molecule has 0 aliphatic heterocycles. The second-order valence-electron chi connectivity index (χ2n) is 6.66. The number of anilines is 1. The summed E-state index contributed by atoms with van der Waals surface area (Å²) in [6, 6.07) is 17.4. The van der Waals surface area contributed by atoms with Gasteiger partial charge in [0.2, 0.25) is 0 Å². The van der Waals surface area contributed by atoms with Gasteiger partial charge < -0.3 is 14.2 Å². The lowest BCUT2D eigenvalue weighted by Crippen LogP contribution is -2.26. The Bertz CT molecular complexity index is 1300. The molecule has 0 N–H and O–H groups in total. The predicted molar refractivity (Wildman–Crippen MR) is 130 cm³/mol. The summed E-state index contributed by atoms with van der Waals surface area (Å²) in [5.41, 5.74) is 3.39. The topological polar surface area (TPSA) is 34.5 Å². The highest BCUT2D eigenvalue weighted by Gasteiger charge is 2.20. The number of aromatic nitrogens is 1. The third-order valence-electron chi connectivity index (χ3n) is 4.89. The van der Waals surface area contributed by atoms with Gasteiger partial charge in [-0.1, -0.05) is 62.1 Å². The van der Waals surface area contributed by atoms with E-state index in [1.54, 1.807) is 44.8 Å². The first-order valence-corrected chi connectivity index (χ1v) is 11.9. The molecule has 0 aliphatic carbocycles. The molecule has 3 aromatic carbocycles. The first-order valence-electron chi connectivity index (χ1n) is 9.03. The standard InChI is InChI=1S/C22H18Cl2N2O2S2/c1-25-16-7-4-5-10-19(16)29-30-21-17(25)8-6-9-18(21)26(2)22(27)13-11-14(23)20(28-3)15(24)12-13/h4-12H,1-3H3. The fourth-order valence-corrected chi connectivity index (χ4v) is 6.60. The molecule has 4 aromatic rings. The number of nitrogens with zero attached hydrogens (tertiary/aromatic N) is 2. The lowest BCUT2D eigenvalue weighted by Gasteiger charge is -2.19. The Morgan fingerprint density at radius 1 is 1.00 bits per heavy atom. The smallest absolute Gasteiger partial charge is 0.258 e. The van der Waals surface area contributed by atoms with E-state index in [0.29, 0.717) is 21.4 Å². The van der Waals surface area contributed by atoms with Gasteiger partial charge in [-0.3, -0.25) is 4.79 Å². The fourth-order valence-electron chi connectivity index (χ4n) is 3.33. The SMILES string of the molecule is COc1c(Cl)cc(C(=O)N(C)c2cccc3c2ssc2ccccc2n3C)cc1Cl. The lowest BCUT2D eigenvalue weighted by atomic mass is 10.1. The molecular formula is C22H18Cl2N2O2S2. The molecular weight excluding hydrogens is 459 g/mol. The Balaban J connectivity index is 1.87. The molecule has 0 aliphatic rings. The number of para-hydroxylation sites is 1. The quantitative estimate of drug-likeness (QED) is 0.293. The van der Waals surface area contributed by atoms with Crippen LogP contribution in [-0.2, 0) is 7.05 Å². The van der Waals surface area contributed by atoms with Gasteiger partial charge in [0.15, 0.2) is 5.75 Å². The second kappa shape index (κ2) is 8.47. The number of amides is 1. The zero-order valence-corrected chi connectivity index (χ0v) is 19.6. The maximum absolute atomic E-state index is 13.3. The summed E-state index contributed by atoms with van der Waals surface area (Å²) in [5, 5.41) is 0.600. The van der Waals surface area contributed by atoms with Crippen LogP contribution < -0.4 is 9.64 Å². The van der Waals surface area contributed by atoms with Crippen LogP contribution in [0.25, 0.3) is 20.4 Å². The Morgan fingerprint density at radius 3 is 2.37 bits per heavy atom. The molecule has 0 unspecified atom stereocenters. The summed E-state index contributed by atoms with van der Waals surface area (Å²) in [5.74, 6) is 0.155. The number of halogens is 2. The second-order valence-corrected chi connectivity index (χ2v) is 9.65. The van der Waals surface area contributed by atoms with Crippen molar-refractivity contribution in [2.24, 2.45) is 7.05 Å². The number of ether oxygens (including phenoxy) is 1. The zero-order chi connectivity index (χ0) is 21.4. The van der Waals surface area contributed by atoms with Crippen molar-refractivity contribution in [2.75, 3.05) is 19.1 Å². The third kappa shape index (κ3) is 3.65. The van der Waals surface area contributed by atoms with E-state index < -0.39 is 0 Å². The van der Waals surface area contributed by atoms with Gasteiger partial charge >= 0.3 is 0 Å². The molecule has 0 bridgehead atoms. The number of carbonyl (C=O) groups is 1. The predicted octanol–water partition coefficient (Wildman–Crippen LogP) is 7.17. The summed E-state index contributed by atoms with van der Waals surface area (Å²) in [6.45, 7) is 0. The van der Waals surface area contributed by atoms with Gasteiger partial charge in [-0.05, 0) is 36.4 Å². The van der Waals surface area contributed by atoms with Crippen molar-refractivity contribution in [3.8, 4) is 5.75 Å². The Labute approximate surface area is 191 Å². The van der Waals surface area contributed by atoms with Crippen LogP contribution in [0.15, 0.2) is 54.6 Å². The minimum Gasteiger partial charge on any atom is -0.494 e. The Morgan fingerprint density at radius 2 is 1.67 bits per heavy atom. The van der Waals surface area contributed by atoms with E-state index in [9.17, 15) is 4.79 Å². The summed E-state index contributed by atoms with van der Waals surface area (Å²) in [7, 11) is 8.62. The van der Waals surface area contributed by atoms with Gasteiger partial charge in [-0.15, -0.1) is 0 Å². The van der Waals surface area contributed by atoms with Crippen molar-refractivity contribution in [1.29, 1.82) is 0 Å². The molecule has 0 saturated carbocycles. The van der Waals surface area contributed by atoms with Gasteiger partial charge in [-0.2, -0.15) is 0 Å². The number of fused-ring (bicyclic) bond motifs is 2. The van der Waals surface area contributed by atoms with Crippen LogP contribution in [0.2, 0.25) is 10.0 Å². The number of methoxy groups -OCH3 is 1. The fraction of sp³-hybridized carbons (Fsp3) is 0.136. The first kappa shape index (κ1) is 21.0. The van der Waals surface area contributed by atoms with Crippen molar-refractivity contribution >= 4 is 75.9 Å². The Hall–Kier alpha value is -2.25. The highest BCUT2D eigenvalue weighted by molar-refractivity contribution is 7.73. The molecule has 1 amide bonds. The molecule has 0 spiro atoms. The van der Waals surface area contributed by atoms with E-state index >= 15 is 0 Å². The van der Waals surface area contributed by atoms with Crippen LogP contribution in [-0.4, -0.2) is 24.6 Å². The van der Waals surface area contributed by atoms with Crippen molar-refractivity contribution in [2.45, 2.75) is 0 Å². The molecule has 8 heteroatoms. The summed E-state index contributed by atoms with van der Waals surface area (Å²) < 4.78 is 9.53. The van der Waals surface area contributed by atoms with Gasteiger partial charge in [0, 0.05) is 19.7 Å². The molecule has 4 rings (SSSR count). The summed E-state index contributed by atoms with van der Waals surface area (Å²) in [6.07, 6.45) is 0. The van der Waals surface area contributed by atoms with Crippen LogP contribution >= 0.6 is 43.9 Å². The number of aryl methyl sites for hydroxylation is 1. The minimum atomic E-state index is -0.204. The van der Waals surface area contributed by atoms with E-state index in [1.165, 1.54) is 11.8 Å². The van der Waals surface area contributed by atoms with Crippen LogP contribution in [0.4, 0.5) is 5.69 Å². The van der Waals surface area contributed by atoms with Gasteiger partial charge in [0.05, 0.1) is 43.3 Å². The molecule has 154 valence electrons. The van der Waals surface area contributed by atoms with Gasteiger partial charge in [-0.25, -0.2) is 0 Å². The molecule has 1 heterocycles. The minimum absolute atomic E-state index is 0.204. The van der Waals surface area contributed by atoms with Crippen LogP contribution in [0.1, 0.15) is 10.4 Å². The maximum Gasteiger partial charge on any atom is 0.258 e. The molecule has 0 radical (unpaired) electrons. The van der Waals surface area contributed by atoms with Gasteiger partial charge in [0.1, 0.15) is 0 Å². The number of hydrogen-bond acceptors (Lipinski definition) is 4. The normalized spacial score (nSPS) is 11.0. The van der Waals surface area contributed by atoms with E-state index in [1.807, 2.05) is 31.3 Å². The maximum atomic E-state index is 13.3. The van der Waals surface area contributed by atoms with Crippen molar-refractivity contribution < 1.29 is 9.53 Å². The third-order valence-corrected chi connectivity index (χ3v) is 7.93. The monoisotopic (exact) mass is 476 g/mol. The zero-order valence-electron chi connectivity index (χ0n) is 16.5. The van der Waals surface area contributed by atoms with Crippen LogP contribution in [0.3, 0.4) is 0 Å². The molecule has 0 saturated heterocycles. The average Bonchev–Trinajstić information content (AvgIpc) is 2.89. The van der Waals surface area contributed by atoms with E-state index in [-0.39, 0.29) is 5.91 Å². The van der Waals surface area contributed by atoms with E-state index in [0.717, 1.165) is 21.4 Å². The molecule has 30 heavy (non-hydrogen) atoms. The highest BCUT2D eigenvalue weighted by atomic mass is 35.5. The van der Waals surface area contributed by atoms with Crippen molar-refractivity contribution in [3.05, 3.63) is 70.2 Å². The molecule has 0 fully saturated rings. The first-order chi connectivity index (χ1) is 14.4.